The molecule has 0 atom stereocenters. The van der Waals surface area contributed by atoms with E-state index >= 15 is 0 Å². The maximum Gasteiger partial charge on any atom is 0.333 e. The highest BCUT2D eigenvalue weighted by molar-refractivity contribution is 5.87. The van der Waals surface area contributed by atoms with Crippen LogP contribution in [0.15, 0.2) is 36.4 Å². The fraction of sp³-hybridized carbons (Fsp3) is 0.438. The van der Waals surface area contributed by atoms with Crippen LogP contribution in [0.1, 0.15) is 37.8 Å². The molecule has 2 rings (SSSR count). The number of benzene rings is 1. The number of carbonyl (C=O) groups is 1. The van der Waals surface area contributed by atoms with Gasteiger partial charge in [0.1, 0.15) is 5.60 Å². The molecule has 0 unspecified atom stereocenters. The number of carbonyl (C=O) groups excluding carboxylic acids is 1. The number of rotatable bonds is 2. The molecular formula is C16H20O2. The Bertz CT molecular complexity index is 447. The van der Waals surface area contributed by atoms with Crippen molar-refractivity contribution in [3.05, 3.63) is 47.5 Å². The van der Waals surface area contributed by atoms with Crippen LogP contribution in [0.5, 0.6) is 0 Å². The molecule has 0 saturated heterocycles. The van der Waals surface area contributed by atoms with Crippen LogP contribution in [0.4, 0.5) is 0 Å². The quantitative estimate of drug-likeness (QED) is 0.452. The zero-order valence-corrected chi connectivity index (χ0v) is 11.2. The predicted octanol–water partition coefficient (Wildman–Crippen LogP) is 3.44. The molecule has 1 aromatic carbocycles. The van der Waals surface area contributed by atoms with Crippen LogP contribution in [0.3, 0.4) is 0 Å². The lowest BCUT2D eigenvalue weighted by atomic mass is 9.96. The Morgan fingerprint density at radius 2 is 1.72 bits per heavy atom. The van der Waals surface area contributed by atoms with Gasteiger partial charge in [-0.25, -0.2) is 4.79 Å². The van der Waals surface area contributed by atoms with Crippen molar-refractivity contribution in [1.29, 1.82) is 0 Å². The van der Waals surface area contributed by atoms with E-state index in [2.05, 4.69) is 30.8 Å². The van der Waals surface area contributed by atoms with Gasteiger partial charge in [0.15, 0.2) is 0 Å². The lowest BCUT2D eigenvalue weighted by molar-refractivity contribution is -0.154. The van der Waals surface area contributed by atoms with Gasteiger partial charge in [-0.3, -0.25) is 0 Å². The van der Waals surface area contributed by atoms with Gasteiger partial charge in [-0.1, -0.05) is 30.8 Å². The van der Waals surface area contributed by atoms with Gasteiger partial charge in [0.25, 0.3) is 0 Å². The third-order valence-electron chi connectivity index (χ3n) is 3.65. The highest BCUT2D eigenvalue weighted by Gasteiger charge is 2.31. The van der Waals surface area contributed by atoms with Crippen molar-refractivity contribution in [1.82, 2.24) is 0 Å². The number of aryl methyl sites for hydroxylation is 2. The summed E-state index contributed by atoms with van der Waals surface area (Å²) in [5.74, 6) is -0.275. The topological polar surface area (TPSA) is 26.3 Å². The summed E-state index contributed by atoms with van der Waals surface area (Å²) in [5, 5.41) is 0. The summed E-state index contributed by atoms with van der Waals surface area (Å²) in [4.78, 5) is 11.7. The fourth-order valence-corrected chi connectivity index (χ4v) is 2.38. The van der Waals surface area contributed by atoms with E-state index in [9.17, 15) is 4.79 Å². The fourth-order valence-electron chi connectivity index (χ4n) is 2.38. The largest absolute Gasteiger partial charge is 0.456 e. The minimum Gasteiger partial charge on any atom is -0.456 e. The molecule has 2 heteroatoms. The second kappa shape index (κ2) is 4.97. The zero-order valence-electron chi connectivity index (χ0n) is 11.2. The lowest BCUT2D eigenvalue weighted by Gasteiger charge is -2.28. The monoisotopic (exact) mass is 244 g/mol. The average Bonchev–Trinajstić information content (AvgIpc) is 2.50. The molecule has 1 aliphatic carbocycles. The predicted molar refractivity (Wildman–Crippen MR) is 72.4 cm³/mol. The summed E-state index contributed by atoms with van der Waals surface area (Å²) < 4.78 is 5.61. The van der Waals surface area contributed by atoms with Crippen molar-refractivity contribution < 1.29 is 9.53 Å². The molecule has 0 N–H and O–H groups in total. The Morgan fingerprint density at radius 1 is 1.22 bits per heavy atom. The maximum atomic E-state index is 11.7. The second-order valence-corrected chi connectivity index (χ2v) is 5.39. The molecular weight excluding hydrogens is 224 g/mol. The molecule has 0 heterocycles. The van der Waals surface area contributed by atoms with E-state index in [-0.39, 0.29) is 11.6 Å². The molecule has 1 aromatic rings. The Kier molecular flexibility index (Phi) is 3.55. The first-order valence-electron chi connectivity index (χ1n) is 6.46. The van der Waals surface area contributed by atoms with Crippen molar-refractivity contribution in [2.45, 2.75) is 45.1 Å². The van der Waals surface area contributed by atoms with Crippen LogP contribution in [0, 0.1) is 0 Å². The normalized spacial score (nSPS) is 17.4. The van der Waals surface area contributed by atoms with Crippen molar-refractivity contribution in [2.75, 3.05) is 0 Å². The number of ether oxygens (including phenoxy) is 1. The number of hydrogen-bond donors (Lipinski definition) is 0. The van der Waals surface area contributed by atoms with Gasteiger partial charge < -0.3 is 4.74 Å². The molecule has 0 aromatic heterocycles. The first-order chi connectivity index (χ1) is 8.50. The summed E-state index contributed by atoms with van der Waals surface area (Å²) in [5.41, 5.74) is 2.87. The third-order valence-corrected chi connectivity index (χ3v) is 3.65. The van der Waals surface area contributed by atoms with E-state index in [1.807, 2.05) is 6.92 Å². The van der Waals surface area contributed by atoms with Crippen molar-refractivity contribution in [2.24, 2.45) is 0 Å². The van der Waals surface area contributed by atoms with Crippen LogP contribution >= 0.6 is 0 Å². The van der Waals surface area contributed by atoms with Gasteiger partial charge in [-0.2, -0.15) is 0 Å². The minimum absolute atomic E-state index is 0.275. The molecule has 0 aliphatic heterocycles. The number of fused-ring (bicyclic) bond motifs is 1. The van der Waals surface area contributed by atoms with Gasteiger partial charge in [0.05, 0.1) is 0 Å². The summed E-state index contributed by atoms with van der Waals surface area (Å²) in [6.07, 6.45) is 3.69. The Morgan fingerprint density at radius 3 is 2.17 bits per heavy atom. The molecule has 0 amide bonds. The van der Waals surface area contributed by atoms with Gasteiger partial charge in [-0.15, -0.1) is 0 Å². The Labute approximate surface area is 109 Å². The standard InChI is InChI=1S/C16H20O2/c1-12(2)15(17)18-16(3)10-8-13-6-4-5-7-14(13)9-11-16/h4-7H,1,8-11H2,2-3H3. The molecule has 0 radical (unpaired) electrons. The second-order valence-electron chi connectivity index (χ2n) is 5.39. The first kappa shape index (κ1) is 12.9. The first-order valence-corrected chi connectivity index (χ1v) is 6.46. The molecule has 96 valence electrons. The SMILES string of the molecule is C=C(C)C(=O)OC1(C)CCc2ccccc2CC1. The molecule has 18 heavy (non-hydrogen) atoms. The van der Waals surface area contributed by atoms with Gasteiger partial charge in [0, 0.05) is 5.57 Å². The van der Waals surface area contributed by atoms with Crippen molar-refractivity contribution >= 4 is 5.97 Å². The van der Waals surface area contributed by atoms with Crippen LogP contribution in [-0.4, -0.2) is 11.6 Å². The summed E-state index contributed by atoms with van der Waals surface area (Å²) >= 11 is 0. The van der Waals surface area contributed by atoms with Gasteiger partial charge >= 0.3 is 5.97 Å². The Balaban J connectivity index is 2.11. The lowest BCUT2D eigenvalue weighted by Crippen LogP contribution is -2.32. The van der Waals surface area contributed by atoms with E-state index in [4.69, 9.17) is 4.74 Å². The molecule has 2 nitrogen and oxygen atoms in total. The van der Waals surface area contributed by atoms with Crippen LogP contribution in [0.25, 0.3) is 0 Å². The van der Waals surface area contributed by atoms with E-state index in [1.54, 1.807) is 6.92 Å². The highest BCUT2D eigenvalue weighted by atomic mass is 16.6. The molecule has 0 fully saturated rings. The number of hydrogen-bond acceptors (Lipinski definition) is 2. The number of esters is 1. The van der Waals surface area contributed by atoms with Crippen molar-refractivity contribution in [3.8, 4) is 0 Å². The molecule has 0 spiro atoms. The van der Waals surface area contributed by atoms with Crippen LogP contribution in [-0.2, 0) is 22.4 Å². The molecule has 0 bridgehead atoms. The minimum atomic E-state index is -0.366. The van der Waals surface area contributed by atoms with E-state index < -0.39 is 0 Å². The maximum absolute atomic E-state index is 11.7. The van der Waals surface area contributed by atoms with E-state index in [1.165, 1.54) is 11.1 Å². The van der Waals surface area contributed by atoms with E-state index in [0.717, 1.165) is 25.7 Å². The van der Waals surface area contributed by atoms with E-state index in [0.29, 0.717) is 5.57 Å². The summed E-state index contributed by atoms with van der Waals surface area (Å²) in [6, 6.07) is 8.48. The van der Waals surface area contributed by atoms with Gasteiger partial charge in [-0.05, 0) is 50.7 Å². The smallest absolute Gasteiger partial charge is 0.333 e. The summed E-state index contributed by atoms with van der Waals surface area (Å²) in [7, 11) is 0. The van der Waals surface area contributed by atoms with Crippen molar-refractivity contribution in [3.63, 3.8) is 0 Å². The van der Waals surface area contributed by atoms with Crippen LogP contribution in [0.2, 0.25) is 0 Å². The Hall–Kier alpha value is -1.57. The van der Waals surface area contributed by atoms with Gasteiger partial charge in [0.2, 0.25) is 0 Å². The molecule has 0 saturated carbocycles. The zero-order chi connectivity index (χ0) is 13.2. The third kappa shape index (κ3) is 2.81. The van der Waals surface area contributed by atoms with Crippen LogP contribution < -0.4 is 0 Å². The summed E-state index contributed by atoms with van der Waals surface area (Å²) in [6.45, 7) is 7.36. The molecule has 1 aliphatic rings. The highest BCUT2D eigenvalue weighted by Crippen LogP contribution is 2.30. The average molecular weight is 244 g/mol.